The number of hydrogen-bond donors (Lipinski definition) is 3. The number of rotatable bonds is 10. The van der Waals surface area contributed by atoms with E-state index in [4.69, 9.17) is 9.47 Å². The lowest BCUT2D eigenvalue weighted by molar-refractivity contribution is 0.355. The molecule has 0 saturated heterocycles. The summed E-state index contributed by atoms with van der Waals surface area (Å²) in [5.41, 5.74) is 2.36. The highest BCUT2D eigenvalue weighted by molar-refractivity contribution is 7.88. The highest BCUT2D eigenvalue weighted by Crippen LogP contribution is 2.29. The van der Waals surface area contributed by atoms with Gasteiger partial charge in [-0.3, -0.25) is 0 Å². The monoisotopic (exact) mass is 448 g/mol. The summed E-state index contributed by atoms with van der Waals surface area (Å²) in [5.74, 6) is 1.74. The van der Waals surface area contributed by atoms with Gasteiger partial charge >= 0.3 is 0 Å². The second kappa shape index (κ2) is 11.6. The van der Waals surface area contributed by atoms with E-state index < -0.39 is 10.0 Å². The van der Waals surface area contributed by atoms with Gasteiger partial charge in [-0.25, -0.2) is 18.1 Å². The quantitative estimate of drug-likeness (QED) is 0.381. The maximum absolute atomic E-state index is 12.4. The van der Waals surface area contributed by atoms with Gasteiger partial charge in [-0.2, -0.15) is 0 Å². The average molecular weight is 449 g/mol. The third-order valence-corrected chi connectivity index (χ3v) is 5.80. The fourth-order valence-corrected chi connectivity index (χ4v) is 4.47. The predicted molar refractivity (Wildman–Crippen MR) is 125 cm³/mol. The van der Waals surface area contributed by atoms with Crippen molar-refractivity contribution in [3.05, 3.63) is 53.6 Å². The third-order valence-electron chi connectivity index (χ3n) is 4.28. The summed E-state index contributed by atoms with van der Waals surface area (Å²) in [6.45, 7) is 6.58. The zero-order valence-electron chi connectivity index (χ0n) is 18.7. The van der Waals surface area contributed by atoms with Crippen LogP contribution in [0.5, 0.6) is 11.5 Å². The molecule has 0 saturated carbocycles. The van der Waals surface area contributed by atoms with E-state index in [1.165, 1.54) is 0 Å². The van der Waals surface area contributed by atoms with Gasteiger partial charge in [0.2, 0.25) is 10.0 Å². The molecule has 0 heterocycles. The number of sulfonamides is 1. The molecule has 170 valence electrons. The van der Waals surface area contributed by atoms with Crippen LogP contribution in [0.1, 0.15) is 31.9 Å². The van der Waals surface area contributed by atoms with Gasteiger partial charge in [0, 0.05) is 24.3 Å². The lowest BCUT2D eigenvalue weighted by atomic mass is 10.1. The van der Waals surface area contributed by atoms with Gasteiger partial charge in [0.05, 0.1) is 26.5 Å². The highest BCUT2D eigenvalue weighted by atomic mass is 32.2. The number of anilines is 1. The summed E-state index contributed by atoms with van der Waals surface area (Å²) in [7, 11) is -0.252. The third kappa shape index (κ3) is 7.76. The number of guanidine groups is 1. The van der Waals surface area contributed by atoms with Crippen molar-refractivity contribution in [2.45, 2.75) is 39.1 Å². The summed E-state index contributed by atoms with van der Waals surface area (Å²) in [4.78, 5) is 4.64. The van der Waals surface area contributed by atoms with E-state index in [2.05, 4.69) is 20.3 Å². The Hall–Kier alpha value is -2.78. The largest absolute Gasteiger partial charge is 0.493 e. The summed E-state index contributed by atoms with van der Waals surface area (Å²) >= 11 is 0. The molecular formula is C22H32N4O4S. The first-order valence-electron chi connectivity index (χ1n) is 10.1. The van der Waals surface area contributed by atoms with Crippen molar-refractivity contribution in [1.29, 1.82) is 0 Å². The van der Waals surface area contributed by atoms with Crippen LogP contribution in [0.15, 0.2) is 47.5 Å². The van der Waals surface area contributed by atoms with Crippen molar-refractivity contribution in [1.82, 2.24) is 10.0 Å². The molecule has 0 atom stereocenters. The van der Waals surface area contributed by atoms with Crippen molar-refractivity contribution in [3.63, 3.8) is 0 Å². The number of hydrogen-bond acceptors (Lipinski definition) is 5. The Kier molecular flexibility index (Phi) is 9.14. The minimum atomic E-state index is -3.42. The molecule has 2 rings (SSSR count). The smallest absolute Gasteiger partial charge is 0.216 e. The molecule has 8 nitrogen and oxygen atoms in total. The van der Waals surface area contributed by atoms with Crippen LogP contribution in [0.2, 0.25) is 0 Å². The van der Waals surface area contributed by atoms with Gasteiger partial charge in [0.1, 0.15) is 0 Å². The first-order chi connectivity index (χ1) is 14.8. The lowest BCUT2D eigenvalue weighted by Crippen LogP contribution is -2.31. The first-order valence-corrected chi connectivity index (χ1v) is 11.8. The Morgan fingerprint density at radius 3 is 2.32 bits per heavy atom. The predicted octanol–water partition coefficient (Wildman–Crippen LogP) is 3.11. The highest BCUT2D eigenvalue weighted by Gasteiger charge is 2.15. The van der Waals surface area contributed by atoms with Crippen LogP contribution in [-0.2, 0) is 22.3 Å². The van der Waals surface area contributed by atoms with Crippen LogP contribution in [0, 0.1) is 0 Å². The maximum Gasteiger partial charge on any atom is 0.216 e. The zero-order valence-corrected chi connectivity index (χ0v) is 19.5. The van der Waals surface area contributed by atoms with Crippen LogP contribution in [0.3, 0.4) is 0 Å². The van der Waals surface area contributed by atoms with Gasteiger partial charge in [0.25, 0.3) is 0 Å². The van der Waals surface area contributed by atoms with E-state index in [9.17, 15) is 8.42 Å². The number of nitrogens with one attached hydrogen (secondary N) is 3. The van der Waals surface area contributed by atoms with Crippen molar-refractivity contribution < 1.29 is 17.9 Å². The lowest BCUT2D eigenvalue weighted by Gasteiger charge is -2.15. The molecular weight excluding hydrogens is 416 g/mol. The van der Waals surface area contributed by atoms with E-state index in [-0.39, 0.29) is 11.8 Å². The van der Waals surface area contributed by atoms with E-state index in [0.717, 1.165) is 16.8 Å². The average Bonchev–Trinajstić information content (AvgIpc) is 2.71. The topological polar surface area (TPSA) is 101 Å². The van der Waals surface area contributed by atoms with Crippen molar-refractivity contribution in [2.75, 3.05) is 26.1 Å². The molecule has 0 amide bonds. The number of ether oxygens (including phenoxy) is 2. The number of benzene rings is 2. The second-order valence-corrected chi connectivity index (χ2v) is 8.94. The molecule has 2 aromatic rings. The molecule has 0 aliphatic heterocycles. The molecule has 0 aromatic heterocycles. The van der Waals surface area contributed by atoms with Crippen LogP contribution >= 0.6 is 0 Å². The van der Waals surface area contributed by atoms with Crippen molar-refractivity contribution in [2.24, 2.45) is 4.99 Å². The Balaban J connectivity index is 2.21. The molecule has 0 fully saturated rings. The Morgan fingerprint density at radius 1 is 1.03 bits per heavy atom. The van der Waals surface area contributed by atoms with Crippen LogP contribution in [0.25, 0.3) is 0 Å². The fraction of sp³-hybridized carbons (Fsp3) is 0.409. The minimum Gasteiger partial charge on any atom is -0.493 e. The second-order valence-electron chi connectivity index (χ2n) is 7.19. The molecule has 2 aromatic carbocycles. The Bertz CT molecular complexity index is 991. The normalized spacial score (nSPS) is 12.0. The maximum atomic E-state index is 12.4. The standard InChI is InChI=1S/C22H32N4O4S/c1-6-23-22(25-19-11-12-20(29-4)21(13-19)30-5)24-14-17-9-7-8-10-18(17)15-31(27,28)26-16(2)3/h7-13,16,26H,6,14-15H2,1-5H3,(H2,23,24,25). The van der Waals surface area contributed by atoms with Crippen molar-refractivity contribution in [3.8, 4) is 11.5 Å². The van der Waals surface area contributed by atoms with Crippen LogP contribution in [-0.4, -0.2) is 41.2 Å². The van der Waals surface area contributed by atoms with Gasteiger partial charge < -0.3 is 20.1 Å². The molecule has 3 N–H and O–H groups in total. The van der Waals surface area contributed by atoms with E-state index >= 15 is 0 Å². The van der Waals surface area contributed by atoms with E-state index in [0.29, 0.717) is 30.5 Å². The van der Waals surface area contributed by atoms with Gasteiger partial charge in [-0.05, 0) is 44.0 Å². The molecule has 0 unspecified atom stereocenters. The SMILES string of the molecule is CCNC(=NCc1ccccc1CS(=O)(=O)NC(C)C)Nc1ccc(OC)c(OC)c1. The van der Waals surface area contributed by atoms with Gasteiger partial charge in [0.15, 0.2) is 17.5 Å². The molecule has 0 bridgehead atoms. The van der Waals surface area contributed by atoms with Crippen LogP contribution in [0.4, 0.5) is 5.69 Å². The molecule has 0 radical (unpaired) electrons. The first kappa shape index (κ1) is 24.5. The summed E-state index contributed by atoms with van der Waals surface area (Å²) in [6.07, 6.45) is 0. The summed E-state index contributed by atoms with van der Waals surface area (Å²) in [6, 6.07) is 12.8. The molecule has 9 heteroatoms. The van der Waals surface area contributed by atoms with Crippen LogP contribution < -0.4 is 24.8 Å². The number of aliphatic imine (C=N–C) groups is 1. The van der Waals surface area contributed by atoms with Crippen molar-refractivity contribution >= 4 is 21.7 Å². The Morgan fingerprint density at radius 2 is 1.71 bits per heavy atom. The summed E-state index contributed by atoms with van der Waals surface area (Å²) in [5, 5.41) is 6.44. The molecule has 0 aliphatic rings. The Labute approximate surface area is 185 Å². The number of nitrogens with zero attached hydrogens (tertiary/aromatic N) is 1. The number of methoxy groups -OCH3 is 2. The molecule has 0 aliphatic carbocycles. The molecule has 0 spiro atoms. The van der Waals surface area contributed by atoms with E-state index in [1.54, 1.807) is 28.1 Å². The summed E-state index contributed by atoms with van der Waals surface area (Å²) < 4.78 is 38.0. The molecule has 31 heavy (non-hydrogen) atoms. The minimum absolute atomic E-state index is 0.0868. The fourth-order valence-electron chi connectivity index (χ4n) is 2.98. The van der Waals surface area contributed by atoms with Gasteiger partial charge in [-0.15, -0.1) is 0 Å². The zero-order chi connectivity index (χ0) is 22.9. The van der Waals surface area contributed by atoms with Gasteiger partial charge in [-0.1, -0.05) is 24.3 Å². The van der Waals surface area contributed by atoms with E-state index in [1.807, 2.05) is 49.4 Å².